The lowest BCUT2D eigenvalue weighted by Crippen LogP contribution is -2.44. The number of para-hydroxylation sites is 1. The Kier molecular flexibility index (Phi) is 7.01. The summed E-state index contributed by atoms with van der Waals surface area (Å²) in [5.41, 5.74) is 0.663. The van der Waals surface area contributed by atoms with Gasteiger partial charge in [-0.05, 0) is 32.0 Å². The predicted molar refractivity (Wildman–Crippen MR) is 95.8 cm³/mol. The fraction of sp³-hybridized carbons (Fsp3) is 0.562. The van der Waals surface area contributed by atoms with E-state index in [-0.39, 0.29) is 11.7 Å². The minimum Gasteiger partial charge on any atom is -0.352 e. The van der Waals surface area contributed by atoms with Crippen molar-refractivity contribution in [2.75, 3.05) is 49.7 Å². The molecule has 134 valence electrons. The van der Waals surface area contributed by atoms with E-state index in [1.165, 1.54) is 0 Å². The number of anilines is 1. The van der Waals surface area contributed by atoms with E-state index in [1.807, 2.05) is 0 Å². The van der Waals surface area contributed by atoms with Gasteiger partial charge in [0.25, 0.3) is 5.91 Å². The molecule has 0 spiro atoms. The molecule has 2 rings (SSSR count). The topological polar surface area (TPSA) is 90.5 Å². The van der Waals surface area contributed by atoms with E-state index in [2.05, 4.69) is 20.3 Å². The van der Waals surface area contributed by atoms with Crippen LogP contribution in [0, 0.1) is 0 Å². The van der Waals surface area contributed by atoms with Crippen LogP contribution in [0.1, 0.15) is 23.7 Å². The molecule has 24 heavy (non-hydrogen) atoms. The quantitative estimate of drug-likeness (QED) is 0.591. The highest BCUT2D eigenvalue weighted by atomic mass is 32.2. The van der Waals surface area contributed by atoms with Gasteiger partial charge in [-0.3, -0.25) is 9.52 Å². The largest absolute Gasteiger partial charge is 0.352 e. The molecule has 0 saturated carbocycles. The van der Waals surface area contributed by atoms with Gasteiger partial charge in [-0.15, -0.1) is 0 Å². The monoisotopic (exact) mass is 354 g/mol. The third-order valence-electron chi connectivity index (χ3n) is 3.96. The molecule has 0 bridgehead atoms. The first-order valence-corrected chi connectivity index (χ1v) is 9.98. The molecule has 1 aromatic carbocycles. The fourth-order valence-corrected chi connectivity index (χ4v) is 3.20. The number of amides is 1. The van der Waals surface area contributed by atoms with Crippen molar-refractivity contribution >= 4 is 21.6 Å². The molecule has 1 heterocycles. The number of carbonyl (C=O) groups excluding carboxylic acids is 1. The normalized spacial score (nSPS) is 15.9. The van der Waals surface area contributed by atoms with Gasteiger partial charge in [0.2, 0.25) is 10.0 Å². The minimum atomic E-state index is -3.41. The Morgan fingerprint density at radius 2 is 1.96 bits per heavy atom. The Morgan fingerprint density at radius 3 is 2.67 bits per heavy atom. The highest BCUT2D eigenvalue weighted by molar-refractivity contribution is 7.92. The summed E-state index contributed by atoms with van der Waals surface area (Å²) in [6, 6.07) is 6.65. The highest BCUT2D eigenvalue weighted by Crippen LogP contribution is 2.16. The molecule has 1 aliphatic rings. The summed E-state index contributed by atoms with van der Waals surface area (Å²) in [5, 5.41) is 6.17. The maximum atomic E-state index is 12.3. The number of piperazine rings is 1. The number of benzene rings is 1. The lowest BCUT2D eigenvalue weighted by atomic mass is 10.1. The van der Waals surface area contributed by atoms with Crippen molar-refractivity contribution in [1.29, 1.82) is 0 Å². The molecular formula is C16H26N4O3S. The lowest BCUT2D eigenvalue weighted by molar-refractivity contribution is 0.0952. The average molecular weight is 354 g/mol. The maximum absolute atomic E-state index is 12.3. The summed E-state index contributed by atoms with van der Waals surface area (Å²) in [6.07, 6.45) is 0.870. The second-order valence-corrected chi connectivity index (χ2v) is 7.76. The van der Waals surface area contributed by atoms with Crippen molar-refractivity contribution in [2.45, 2.75) is 13.3 Å². The van der Waals surface area contributed by atoms with E-state index in [0.29, 0.717) is 17.8 Å². The third kappa shape index (κ3) is 5.77. The highest BCUT2D eigenvalue weighted by Gasteiger charge is 2.15. The molecular weight excluding hydrogens is 328 g/mol. The summed E-state index contributed by atoms with van der Waals surface area (Å²) in [4.78, 5) is 14.7. The number of nitrogens with zero attached hydrogens (tertiary/aromatic N) is 1. The van der Waals surface area contributed by atoms with Gasteiger partial charge < -0.3 is 15.5 Å². The van der Waals surface area contributed by atoms with E-state index < -0.39 is 10.0 Å². The number of hydrogen-bond donors (Lipinski definition) is 3. The van der Waals surface area contributed by atoms with E-state index >= 15 is 0 Å². The van der Waals surface area contributed by atoms with E-state index in [1.54, 1.807) is 31.2 Å². The summed E-state index contributed by atoms with van der Waals surface area (Å²) >= 11 is 0. The molecule has 1 aromatic rings. The average Bonchev–Trinajstić information content (AvgIpc) is 2.59. The molecule has 1 saturated heterocycles. The van der Waals surface area contributed by atoms with Crippen LogP contribution in [0.2, 0.25) is 0 Å². The van der Waals surface area contributed by atoms with Crippen LogP contribution >= 0.6 is 0 Å². The van der Waals surface area contributed by atoms with Gasteiger partial charge in [0.15, 0.2) is 0 Å². The molecule has 1 amide bonds. The van der Waals surface area contributed by atoms with Gasteiger partial charge in [-0.2, -0.15) is 0 Å². The van der Waals surface area contributed by atoms with Gasteiger partial charge in [-0.25, -0.2) is 8.42 Å². The summed E-state index contributed by atoms with van der Waals surface area (Å²) in [5.74, 6) is -0.294. The van der Waals surface area contributed by atoms with Crippen molar-refractivity contribution in [3.05, 3.63) is 29.8 Å². The van der Waals surface area contributed by atoms with Gasteiger partial charge in [0.05, 0.1) is 17.0 Å². The molecule has 1 aliphatic heterocycles. The first kappa shape index (κ1) is 18.7. The van der Waals surface area contributed by atoms with Gasteiger partial charge in [0, 0.05) is 32.7 Å². The van der Waals surface area contributed by atoms with E-state index in [0.717, 1.165) is 39.1 Å². The van der Waals surface area contributed by atoms with Crippen LogP contribution in [0.4, 0.5) is 5.69 Å². The number of hydrogen-bond acceptors (Lipinski definition) is 5. The van der Waals surface area contributed by atoms with Crippen molar-refractivity contribution < 1.29 is 13.2 Å². The number of sulfonamides is 1. The number of rotatable bonds is 8. The van der Waals surface area contributed by atoms with Crippen LogP contribution in [0.3, 0.4) is 0 Å². The summed E-state index contributed by atoms with van der Waals surface area (Å²) in [7, 11) is -3.41. The second-order valence-electron chi connectivity index (χ2n) is 5.75. The Labute approximate surface area is 143 Å². The lowest BCUT2D eigenvalue weighted by Gasteiger charge is -2.27. The zero-order chi connectivity index (χ0) is 17.4. The molecule has 0 aliphatic carbocycles. The van der Waals surface area contributed by atoms with E-state index in [4.69, 9.17) is 0 Å². The molecule has 7 nitrogen and oxygen atoms in total. The first-order valence-electron chi connectivity index (χ1n) is 8.32. The number of nitrogens with one attached hydrogen (secondary N) is 3. The van der Waals surface area contributed by atoms with Crippen molar-refractivity contribution in [3.8, 4) is 0 Å². The molecule has 0 unspecified atom stereocenters. The van der Waals surface area contributed by atoms with Crippen LogP contribution in [-0.4, -0.2) is 64.2 Å². The van der Waals surface area contributed by atoms with E-state index in [9.17, 15) is 13.2 Å². The molecule has 8 heteroatoms. The van der Waals surface area contributed by atoms with Crippen LogP contribution in [-0.2, 0) is 10.0 Å². The summed E-state index contributed by atoms with van der Waals surface area (Å²) < 4.78 is 25.9. The van der Waals surface area contributed by atoms with Crippen molar-refractivity contribution in [3.63, 3.8) is 0 Å². The van der Waals surface area contributed by atoms with Gasteiger partial charge in [-0.1, -0.05) is 12.1 Å². The van der Waals surface area contributed by atoms with Crippen LogP contribution in [0.5, 0.6) is 0 Å². The Hall–Kier alpha value is -1.64. The zero-order valence-corrected chi connectivity index (χ0v) is 14.9. The minimum absolute atomic E-state index is 0.0341. The Balaban J connectivity index is 1.85. The third-order valence-corrected chi connectivity index (χ3v) is 5.25. The van der Waals surface area contributed by atoms with Crippen LogP contribution in [0.15, 0.2) is 24.3 Å². The smallest absolute Gasteiger partial charge is 0.253 e. The molecule has 1 fully saturated rings. The Bertz CT molecular complexity index is 642. The maximum Gasteiger partial charge on any atom is 0.253 e. The standard InChI is InChI=1S/C16H26N4O3S/c1-2-24(22,23)19-15-7-4-3-6-14(15)16(21)18-8-5-11-20-12-9-17-10-13-20/h3-4,6-7,17,19H,2,5,8-13H2,1H3,(H,18,21). The first-order chi connectivity index (χ1) is 11.5. The van der Waals surface area contributed by atoms with Crippen molar-refractivity contribution in [1.82, 2.24) is 15.5 Å². The summed E-state index contributed by atoms with van der Waals surface area (Å²) in [6.45, 7) is 7.17. The Morgan fingerprint density at radius 1 is 1.25 bits per heavy atom. The molecule has 0 radical (unpaired) electrons. The fourth-order valence-electron chi connectivity index (χ4n) is 2.54. The molecule has 3 N–H and O–H groups in total. The van der Waals surface area contributed by atoms with Crippen LogP contribution in [0.25, 0.3) is 0 Å². The SMILES string of the molecule is CCS(=O)(=O)Nc1ccccc1C(=O)NCCCN1CCNCC1. The molecule has 0 aromatic heterocycles. The predicted octanol–water partition coefficient (Wildman–Crippen LogP) is 0.473. The van der Waals surface area contributed by atoms with Crippen LogP contribution < -0.4 is 15.4 Å². The second kappa shape index (κ2) is 9.00. The van der Waals surface area contributed by atoms with Gasteiger partial charge >= 0.3 is 0 Å². The molecule has 0 atom stereocenters. The number of carbonyl (C=O) groups is 1. The van der Waals surface area contributed by atoms with Crippen molar-refractivity contribution in [2.24, 2.45) is 0 Å². The van der Waals surface area contributed by atoms with Gasteiger partial charge in [0.1, 0.15) is 0 Å². The zero-order valence-electron chi connectivity index (χ0n) is 14.0.